The fraction of sp³-hybridized carbons (Fsp3) is 0.500. The Balaban J connectivity index is 1.26. The number of carbonyl (C=O) groups excluding carboxylic acids is 1. The van der Waals surface area contributed by atoms with Crippen molar-refractivity contribution in [1.29, 1.82) is 0 Å². The van der Waals surface area contributed by atoms with Crippen molar-refractivity contribution in [2.45, 2.75) is 51.5 Å². The molecule has 0 aliphatic carbocycles. The predicted octanol–water partition coefficient (Wildman–Crippen LogP) is 4.09. The molecule has 2 aliphatic rings. The molecule has 0 spiro atoms. The Morgan fingerprint density at radius 3 is 2.42 bits per heavy atom. The maximum Gasteiger partial charge on any atom is 0.317 e. The van der Waals surface area contributed by atoms with Crippen LogP contribution in [0.25, 0.3) is 0 Å². The number of nitrogens with zero attached hydrogens (tertiary/aromatic N) is 2. The van der Waals surface area contributed by atoms with Crippen molar-refractivity contribution in [3.8, 4) is 0 Å². The van der Waals surface area contributed by atoms with E-state index in [0.717, 1.165) is 24.0 Å². The third-order valence-corrected chi connectivity index (χ3v) is 6.63. The standard InChI is InChI=1S/C26H34FN3O3/c1-18-16-30(17-19(2)33-18)24-9-8-20(14-23(24)27)15-28-26(32)29-12-10-22(11-13-29)25(31)21-6-4-3-5-7-21/h3-9,14,18-19,22,25,31H,10-13,15-17H2,1-2H3,(H,28,32). The van der Waals surface area contributed by atoms with Crippen molar-refractivity contribution >= 4 is 11.7 Å². The molecule has 2 N–H and O–H groups in total. The molecular formula is C26H34FN3O3. The zero-order valence-corrected chi connectivity index (χ0v) is 19.4. The minimum Gasteiger partial charge on any atom is -0.388 e. The molecule has 2 amide bonds. The zero-order valence-electron chi connectivity index (χ0n) is 19.4. The van der Waals surface area contributed by atoms with Crippen LogP contribution in [-0.2, 0) is 11.3 Å². The number of halogens is 1. The number of piperidine rings is 1. The van der Waals surface area contributed by atoms with Gasteiger partial charge in [-0.25, -0.2) is 9.18 Å². The summed E-state index contributed by atoms with van der Waals surface area (Å²) in [4.78, 5) is 16.4. The molecule has 3 unspecified atom stereocenters. The smallest absolute Gasteiger partial charge is 0.317 e. The number of hydrogen-bond donors (Lipinski definition) is 2. The van der Waals surface area contributed by atoms with Crippen LogP contribution in [0.5, 0.6) is 0 Å². The zero-order chi connectivity index (χ0) is 23.4. The number of rotatable bonds is 5. The highest BCUT2D eigenvalue weighted by Crippen LogP contribution is 2.30. The molecule has 33 heavy (non-hydrogen) atoms. The van der Waals surface area contributed by atoms with E-state index in [1.54, 1.807) is 11.0 Å². The maximum atomic E-state index is 14.8. The quantitative estimate of drug-likeness (QED) is 0.713. The van der Waals surface area contributed by atoms with Crippen LogP contribution in [0.2, 0.25) is 0 Å². The fourth-order valence-electron chi connectivity index (χ4n) is 4.92. The lowest BCUT2D eigenvalue weighted by Gasteiger charge is -2.37. The van der Waals surface area contributed by atoms with Gasteiger partial charge in [0.1, 0.15) is 5.82 Å². The maximum absolute atomic E-state index is 14.8. The third kappa shape index (κ3) is 5.84. The van der Waals surface area contributed by atoms with E-state index in [4.69, 9.17) is 4.74 Å². The minimum atomic E-state index is -0.504. The van der Waals surface area contributed by atoms with Crippen molar-refractivity contribution in [3.63, 3.8) is 0 Å². The van der Waals surface area contributed by atoms with E-state index >= 15 is 0 Å². The van der Waals surface area contributed by atoms with E-state index in [9.17, 15) is 14.3 Å². The van der Waals surface area contributed by atoms with Crippen molar-refractivity contribution in [3.05, 3.63) is 65.5 Å². The molecule has 7 heteroatoms. The molecule has 2 fully saturated rings. The number of carbonyl (C=O) groups is 1. The SMILES string of the molecule is CC1CN(c2ccc(CNC(=O)N3CCC(C(O)c4ccccc4)CC3)cc2F)CC(C)O1. The molecule has 2 aromatic carbocycles. The summed E-state index contributed by atoms with van der Waals surface area (Å²) in [6, 6.07) is 14.7. The number of hydrogen-bond acceptors (Lipinski definition) is 4. The normalized spacial score (nSPS) is 22.8. The second-order valence-corrected chi connectivity index (χ2v) is 9.29. The first-order chi connectivity index (χ1) is 15.9. The van der Waals surface area contributed by atoms with E-state index < -0.39 is 6.10 Å². The summed E-state index contributed by atoms with van der Waals surface area (Å²) < 4.78 is 20.5. The molecule has 178 valence electrons. The predicted molar refractivity (Wildman–Crippen MR) is 127 cm³/mol. The van der Waals surface area contributed by atoms with Gasteiger partial charge < -0.3 is 25.0 Å². The summed E-state index contributed by atoms with van der Waals surface area (Å²) in [6.45, 7) is 6.78. The first-order valence-corrected chi connectivity index (χ1v) is 11.9. The molecule has 3 atom stereocenters. The highest BCUT2D eigenvalue weighted by molar-refractivity contribution is 5.74. The second kappa shape index (κ2) is 10.5. The number of benzene rings is 2. The van der Waals surface area contributed by atoms with Gasteiger partial charge in [0, 0.05) is 32.7 Å². The third-order valence-electron chi connectivity index (χ3n) is 6.63. The fourth-order valence-corrected chi connectivity index (χ4v) is 4.92. The Morgan fingerprint density at radius 1 is 1.12 bits per heavy atom. The van der Waals surface area contributed by atoms with Crippen LogP contribution in [-0.4, -0.2) is 54.4 Å². The van der Waals surface area contributed by atoms with Gasteiger partial charge in [0.2, 0.25) is 0 Å². The largest absolute Gasteiger partial charge is 0.388 e. The van der Waals surface area contributed by atoms with Crippen molar-refractivity contribution < 1.29 is 19.0 Å². The number of urea groups is 1. The van der Waals surface area contributed by atoms with Crippen LogP contribution in [0.4, 0.5) is 14.9 Å². The summed E-state index contributed by atoms with van der Waals surface area (Å²) in [5.74, 6) is -0.137. The van der Waals surface area contributed by atoms with E-state index in [1.165, 1.54) is 6.07 Å². The average molecular weight is 456 g/mol. The molecule has 6 nitrogen and oxygen atoms in total. The number of aliphatic hydroxyl groups is 1. The summed E-state index contributed by atoms with van der Waals surface area (Å²) in [5.41, 5.74) is 2.23. The van der Waals surface area contributed by atoms with Gasteiger partial charge in [0.25, 0.3) is 0 Å². The van der Waals surface area contributed by atoms with E-state index in [1.807, 2.05) is 55.1 Å². The number of anilines is 1. The first kappa shape index (κ1) is 23.5. The lowest BCUT2D eigenvalue weighted by Crippen LogP contribution is -2.46. The van der Waals surface area contributed by atoms with Crippen molar-refractivity contribution in [1.82, 2.24) is 10.2 Å². The highest BCUT2D eigenvalue weighted by atomic mass is 19.1. The minimum absolute atomic E-state index is 0.0602. The summed E-state index contributed by atoms with van der Waals surface area (Å²) in [6.07, 6.45) is 1.12. The van der Waals surface area contributed by atoms with Crippen molar-refractivity contribution in [2.24, 2.45) is 5.92 Å². The molecule has 0 saturated carbocycles. The van der Waals surface area contributed by atoms with Gasteiger partial charge >= 0.3 is 6.03 Å². The topological polar surface area (TPSA) is 65.0 Å². The Hall–Kier alpha value is -2.64. The van der Waals surface area contributed by atoms with Crippen LogP contribution in [0.15, 0.2) is 48.5 Å². The molecule has 0 bridgehead atoms. The number of ether oxygens (including phenoxy) is 1. The number of likely N-dealkylation sites (tertiary alicyclic amines) is 1. The molecule has 0 radical (unpaired) electrons. The van der Waals surface area contributed by atoms with Gasteiger partial charge in [-0.1, -0.05) is 36.4 Å². The van der Waals surface area contributed by atoms with Crippen LogP contribution < -0.4 is 10.2 Å². The van der Waals surface area contributed by atoms with E-state index in [2.05, 4.69) is 5.32 Å². The summed E-state index contributed by atoms with van der Waals surface area (Å²) in [7, 11) is 0. The van der Waals surface area contributed by atoms with E-state index in [-0.39, 0.29) is 36.5 Å². The van der Waals surface area contributed by atoms with Crippen LogP contribution in [0, 0.1) is 11.7 Å². The van der Waals surface area contributed by atoms with Crippen LogP contribution in [0.3, 0.4) is 0 Å². The van der Waals surface area contributed by atoms with Gasteiger partial charge in [-0.3, -0.25) is 0 Å². The lowest BCUT2D eigenvalue weighted by atomic mass is 9.87. The van der Waals surface area contributed by atoms with E-state index in [0.29, 0.717) is 31.9 Å². The number of morpholine rings is 1. The number of nitrogens with one attached hydrogen (secondary N) is 1. The first-order valence-electron chi connectivity index (χ1n) is 11.9. The Labute approximate surface area is 195 Å². The Morgan fingerprint density at radius 2 is 1.79 bits per heavy atom. The Bertz CT molecular complexity index is 924. The van der Waals surface area contributed by atoms with Crippen LogP contribution in [0.1, 0.15) is 43.9 Å². The Kier molecular flexibility index (Phi) is 7.50. The number of aliphatic hydroxyl groups excluding tert-OH is 1. The molecule has 2 aliphatic heterocycles. The van der Waals surface area contributed by atoms with Crippen molar-refractivity contribution in [2.75, 3.05) is 31.1 Å². The highest BCUT2D eigenvalue weighted by Gasteiger charge is 2.28. The second-order valence-electron chi connectivity index (χ2n) is 9.29. The van der Waals surface area contributed by atoms with Crippen LogP contribution >= 0.6 is 0 Å². The van der Waals surface area contributed by atoms with Gasteiger partial charge in [-0.15, -0.1) is 0 Å². The molecule has 2 saturated heterocycles. The number of amides is 2. The molecule has 2 aromatic rings. The molecule has 2 heterocycles. The molecular weight excluding hydrogens is 421 g/mol. The molecule has 4 rings (SSSR count). The summed E-state index contributed by atoms with van der Waals surface area (Å²) in [5, 5.41) is 13.5. The monoisotopic (exact) mass is 455 g/mol. The van der Waals surface area contributed by atoms with Gasteiger partial charge in [0.05, 0.1) is 24.0 Å². The average Bonchev–Trinajstić information content (AvgIpc) is 2.82. The molecule has 0 aromatic heterocycles. The summed E-state index contributed by atoms with van der Waals surface area (Å²) >= 11 is 0. The van der Waals surface area contributed by atoms with Gasteiger partial charge in [-0.2, -0.15) is 0 Å². The lowest BCUT2D eigenvalue weighted by molar-refractivity contribution is -0.00539. The van der Waals surface area contributed by atoms with Gasteiger partial charge in [0.15, 0.2) is 0 Å². The van der Waals surface area contributed by atoms with Gasteiger partial charge in [-0.05, 0) is 55.9 Å².